The van der Waals surface area contributed by atoms with Crippen molar-refractivity contribution in [2.45, 2.75) is 18.9 Å². The predicted molar refractivity (Wildman–Crippen MR) is 61.2 cm³/mol. The normalized spacial score (nSPS) is 13.5. The van der Waals surface area contributed by atoms with Crippen LogP contribution < -0.4 is 16.8 Å². The van der Waals surface area contributed by atoms with E-state index in [1.165, 1.54) is 0 Å². The molecular formula is C9H20N4O3. The summed E-state index contributed by atoms with van der Waals surface area (Å²) in [6, 6.07) is -0.821. The lowest BCUT2D eigenvalue weighted by Crippen LogP contribution is -2.34. The number of methoxy groups -OCH3 is 1. The highest BCUT2D eigenvalue weighted by atomic mass is 16.5. The van der Waals surface area contributed by atoms with E-state index in [0.717, 1.165) is 0 Å². The highest BCUT2D eigenvalue weighted by molar-refractivity contribution is 5.77. The number of nitrogens with one attached hydrogen (secondary N) is 1. The molecule has 0 aliphatic heterocycles. The van der Waals surface area contributed by atoms with Crippen LogP contribution in [0, 0.1) is 0 Å². The van der Waals surface area contributed by atoms with Crippen molar-refractivity contribution in [3.63, 3.8) is 0 Å². The van der Waals surface area contributed by atoms with E-state index >= 15 is 0 Å². The average molecular weight is 232 g/mol. The van der Waals surface area contributed by atoms with Gasteiger partial charge in [0.05, 0.1) is 6.61 Å². The quantitative estimate of drug-likeness (QED) is 0.235. The fourth-order valence-electron chi connectivity index (χ4n) is 0.971. The van der Waals surface area contributed by atoms with E-state index in [1.54, 1.807) is 7.11 Å². The number of rotatable bonds is 8. The van der Waals surface area contributed by atoms with Crippen LogP contribution >= 0.6 is 0 Å². The molecule has 0 bridgehead atoms. The maximum Gasteiger partial charge on any atom is 0.320 e. The van der Waals surface area contributed by atoms with Crippen LogP contribution in [0.2, 0.25) is 0 Å². The minimum atomic E-state index is -0.991. The number of aliphatic carboxylic acids is 1. The number of carboxylic acid groups (broad SMARTS) is 1. The summed E-state index contributed by atoms with van der Waals surface area (Å²) in [4.78, 5) is 14.4. The molecule has 0 aliphatic rings. The lowest BCUT2D eigenvalue weighted by molar-refractivity contribution is -0.138. The zero-order valence-corrected chi connectivity index (χ0v) is 9.48. The monoisotopic (exact) mass is 232 g/mol. The van der Waals surface area contributed by atoms with Crippen molar-refractivity contribution in [1.82, 2.24) is 5.32 Å². The number of aliphatic imine (C=N–C) groups is 1. The van der Waals surface area contributed by atoms with Gasteiger partial charge in [0, 0.05) is 20.2 Å². The van der Waals surface area contributed by atoms with Gasteiger partial charge in [-0.15, -0.1) is 0 Å². The molecule has 16 heavy (non-hydrogen) atoms. The molecule has 0 aromatic rings. The largest absolute Gasteiger partial charge is 0.480 e. The van der Waals surface area contributed by atoms with Crippen molar-refractivity contribution in [2.24, 2.45) is 16.5 Å². The van der Waals surface area contributed by atoms with Gasteiger partial charge in [-0.05, 0) is 12.8 Å². The molecule has 0 aliphatic carbocycles. The Morgan fingerprint density at radius 3 is 2.88 bits per heavy atom. The van der Waals surface area contributed by atoms with Crippen molar-refractivity contribution in [2.75, 3.05) is 26.8 Å². The molecule has 6 N–H and O–H groups in total. The predicted octanol–water partition coefficient (Wildman–Crippen LogP) is -1.27. The molecule has 7 nitrogen and oxygen atoms in total. The number of ether oxygens (including phenoxy) is 1. The third kappa shape index (κ3) is 8.01. The fraction of sp³-hybridized carbons (Fsp3) is 0.778. The summed E-state index contributed by atoms with van der Waals surface area (Å²) in [7, 11) is 1.60. The van der Waals surface area contributed by atoms with Gasteiger partial charge in [-0.3, -0.25) is 9.79 Å². The topological polar surface area (TPSA) is 123 Å². The minimum Gasteiger partial charge on any atom is -0.480 e. The van der Waals surface area contributed by atoms with Gasteiger partial charge in [-0.1, -0.05) is 0 Å². The highest BCUT2D eigenvalue weighted by Crippen LogP contribution is 1.94. The summed E-state index contributed by atoms with van der Waals surface area (Å²) in [6.45, 7) is 1.62. The van der Waals surface area contributed by atoms with Gasteiger partial charge in [0.2, 0.25) is 0 Å². The molecular weight excluding hydrogens is 212 g/mol. The Labute approximate surface area is 94.9 Å². The molecule has 1 atom stereocenters. The van der Waals surface area contributed by atoms with Crippen molar-refractivity contribution >= 4 is 11.9 Å². The molecule has 0 heterocycles. The third-order valence-corrected chi connectivity index (χ3v) is 1.88. The maximum absolute atomic E-state index is 10.4. The first-order valence-electron chi connectivity index (χ1n) is 5.09. The molecule has 0 saturated carbocycles. The van der Waals surface area contributed by atoms with Gasteiger partial charge in [0.15, 0.2) is 5.96 Å². The van der Waals surface area contributed by atoms with Crippen LogP contribution in [-0.2, 0) is 9.53 Å². The zero-order valence-electron chi connectivity index (χ0n) is 9.48. The van der Waals surface area contributed by atoms with Gasteiger partial charge in [-0.2, -0.15) is 0 Å². The Morgan fingerprint density at radius 2 is 2.31 bits per heavy atom. The summed E-state index contributed by atoms with van der Waals surface area (Å²) in [5, 5.41) is 11.4. The Kier molecular flexibility index (Phi) is 8.18. The molecule has 0 spiro atoms. The second-order valence-corrected chi connectivity index (χ2v) is 3.27. The molecule has 0 fully saturated rings. The number of nitrogens with two attached hydrogens (primary N) is 2. The third-order valence-electron chi connectivity index (χ3n) is 1.88. The van der Waals surface area contributed by atoms with E-state index in [2.05, 4.69) is 10.3 Å². The lowest BCUT2D eigenvalue weighted by Gasteiger charge is -2.06. The second-order valence-electron chi connectivity index (χ2n) is 3.27. The Hall–Kier alpha value is -1.34. The first-order chi connectivity index (χ1) is 7.57. The summed E-state index contributed by atoms with van der Waals surface area (Å²) in [5.74, 6) is -0.656. The number of hydrogen-bond acceptors (Lipinski definition) is 4. The lowest BCUT2D eigenvalue weighted by atomic mass is 10.2. The van der Waals surface area contributed by atoms with Gasteiger partial charge in [0.25, 0.3) is 0 Å². The Balaban J connectivity index is 3.54. The first-order valence-corrected chi connectivity index (χ1v) is 5.09. The Bertz CT molecular complexity index is 233. The van der Waals surface area contributed by atoms with Gasteiger partial charge >= 0.3 is 5.97 Å². The number of nitrogens with zero attached hydrogens (tertiary/aromatic N) is 1. The number of carboxylic acids is 1. The van der Waals surface area contributed by atoms with E-state index in [-0.39, 0.29) is 0 Å². The van der Waals surface area contributed by atoms with E-state index in [9.17, 15) is 4.79 Å². The molecule has 0 aromatic heterocycles. The number of guanidine groups is 1. The molecule has 94 valence electrons. The van der Waals surface area contributed by atoms with Crippen molar-refractivity contribution < 1.29 is 14.6 Å². The van der Waals surface area contributed by atoms with Gasteiger partial charge in [-0.25, -0.2) is 0 Å². The second kappa shape index (κ2) is 8.93. The van der Waals surface area contributed by atoms with Crippen LogP contribution in [0.4, 0.5) is 0 Å². The maximum atomic E-state index is 10.4. The zero-order chi connectivity index (χ0) is 12.4. The van der Waals surface area contributed by atoms with Crippen LogP contribution in [0.1, 0.15) is 12.8 Å². The molecule has 0 amide bonds. The van der Waals surface area contributed by atoms with E-state index in [4.69, 9.17) is 21.3 Å². The van der Waals surface area contributed by atoms with Crippen LogP contribution in [0.3, 0.4) is 0 Å². The summed E-state index contributed by atoms with van der Waals surface area (Å²) in [5.41, 5.74) is 10.8. The van der Waals surface area contributed by atoms with E-state index in [1.807, 2.05) is 0 Å². The fourth-order valence-corrected chi connectivity index (χ4v) is 0.971. The van der Waals surface area contributed by atoms with Crippen LogP contribution in [-0.4, -0.2) is 49.9 Å². The minimum absolute atomic E-state index is 0.334. The summed E-state index contributed by atoms with van der Waals surface area (Å²) < 4.78 is 4.82. The molecule has 7 heteroatoms. The average Bonchev–Trinajstić information content (AvgIpc) is 2.24. The number of hydrogen-bond donors (Lipinski definition) is 4. The number of carbonyl (C=O) groups is 1. The van der Waals surface area contributed by atoms with Crippen molar-refractivity contribution in [3.05, 3.63) is 0 Å². The van der Waals surface area contributed by atoms with Gasteiger partial charge < -0.3 is 26.6 Å². The summed E-state index contributed by atoms with van der Waals surface area (Å²) >= 11 is 0. The summed E-state index contributed by atoms with van der Waals surface area (Å²) in [6.07, 6.45) is 0.990. The molecule has 0 aromatic carbocycles. The SMILES string of the molecule is COCCNC(N)=NCCC[C@@H](N)C(=O)O. The molecule has 0 saturated heterocycles. The van der Waals surface area contributed by atoms with Gasteiger partial charge in [0.1, 0.15) is 6.04 Å². The van der Waals surface area contributed by atoms with Crippen LogP contribution in [0.15, 0.2) is 4.99 Å². The van der Waals surface area contributed by atoms with Crippen LogP contribution in [0.25, 0.3) is 0 Å². The van der Waals surface area contributed by atoms with Crippen molar-refractivity contribution in [3.8, 4) is 0 Å². The standard InChI is InChI=1S/C9H20N4O3/c1-16-6-5-13-9(11)12-4-2-3-7(10)8(14)15/h7H,2-6,10H2,1H3,(H,14,15)(H3,11,12,13)/t7-/m1/s1. The molecule has 0 rings (SSSR count). The first kappa shape index (κ1) is 14.7. The molecule has 0 radical (unpaired) electrons. The Morgan fingerprint density at radius 1 is 1.62 bits per heavy atom. The van der Waals surface area contributed by atoms with E-state index < -0.39 is 12.0 Å². The smallest absolute Gasteiger partial charge is 0.320 e. The van der Waals surface area contributed by atoms with Crippen molar-refractivity contribution in [1.29, 1.82) is 0 Å². The molecule has 0 unspecified atom stereocenters. The van der Waals surface area contributed by atoms with Crippen LogP contribution in [0.5, 0.6) is 0 Å². The highest BCUT2D eigenvalue weighted by Gasteiger charge is 2.09. The van der Waals surface area contributed by atoms with E-state index in [0.29, 0.717) is 38.5 Å².